The molecule has 2 aromatic heterocycles. The summed E-state index contributed by atoms with van der Waals surface area (Å²) < 4.78 is 6.35. The molecule has 0 aromatic carbocycles. The van der Waals surface area contributed by atoms with E-state index in [0.29, 0.717) is 0 Å². The molecule has 0 bridgehead atoms. The molecule has 0 spiro atoms. The largest absolute Gasteiger partial charge is 0.481 e. The molecule has 0 aliphatic carbocycles. The van der Waals surface area contributed by atoms with E-state index in [1.165, 1.54) is 30.5 Å². The fraction of sp³-hybridized carbons (Fsp3) is 0.300. The first-order valence-corrected chi connectivity index (χ1v) is 5.71. The average Bonchev–Trinajstić information content (AvgIpc) is 2.90. The number of nitrogens with one attached hydrogen (secondary N) is 1. The second-order valence-electron chi connectivity index (χ2n) is 3.60. The van der Waals surface area contributed by atoms with Crippen molar-refractivity contribution in [2.24, 2.45) is 0 Å². The molecule has 9 heteroatoms. The van der Waals surface area contributed by atoms with Crippen LogP contribution >= 0.6 is 11.6 Å². The van der Waals surface area contributed by atoms with Crippen LogP contribution in [0.2, 0.25) is 5.15 Å². The zero-order chi connectivity index (χ0) is 13.8. The van der Waals surface area contributed by atoms with Crippen LogP contribution in [0.15, 0.2) is 18.7 Å². The predicted octanol–water partition coefficient (Wildman–Crippen LogP) is 0.930. The van der Waals surface area contributed by atoms with Crippen LogP contribution in [0.5, 0.6) is 5.88 Å². The maximum absolute atomic E-state index is 12.0. The van der Waals surface area contributed by atoms with Crippen LogP contribution in [-0.2, 0) is 4.79 Å². The van der Waals surface area contributed by atoms with Gasteiger partial charge in [-0.25, -0.2) is 14.6 Å². The number of rotatable bonds is 4. The minimum absolute atomic E-state index is 0.0707. The Kier molecular flexibility index (Phi) is 3.91. The summed E-state index contributed by atoms with van der Waals surface area (Å²) in [6.45, 7) is 1.67. The molecule has 0 aliphatic rings. The van der Waals surface area contributed by atoms with Crippen LogP contribution < -0.4 is 10.1 Å². The Balaban J connectivity index is 2.12. The van der Waals surface area contributed by atoms with Crippen molar-refractivity contribution in [1.29, 1.82) is 0 Å². The Hall–Kier alpha value is -2.22. The van der Waals surface area contributed by atoms with Crippen LogP contribution in [0.3, 0.4) is 0 Å². The second kappa shape index (κ2) is 5.61. The molecule has 8 nitrogen and oxygen atoms in total. The van der Waals surface area contributed by atoms with Crippen LogP contribution in [0.1, 0.15) is 13.0 Å². The maximum atomic E-state index is 12.0. The summed E-state index contributed by atoms with van der Waals surface area (Å²) >= 11 is 5.78. The van der Waals surface area contributed by atoms with Crippen LogP contribution in [0, 0.1) is 0 Å². The monoisotopic (exact) mass is 282 g/mol. The van der Waals surface area contributed by atoms with E-state index in [9.17, 15) is 4.79 Å². The number of amides is 1. The number of ether oxygens (including phenoxy) is 1. The molecule has 0 saturated carbocycles. The minimum atomic E-state index is -0.545. The summed E-state index contributed by atoms with van der Waals surface area (Å²) in [4.78, 5) is 23.6. The molecule has 0 radical (unpaired) electrons. The lowest BCUT2D eigenvalue weighted by molar-refractivity contribution is -0.119. The van der Waals surface area contributed by atoms with Gasteiger partial charge in [-0.05, 0) is 6.92 Å². The molecule has 2 heterocycles. The van der Waals surface area contributed by atoms with E-state index in [4.69, 9.17) is 16.3 Å². The van der Waals surface area contributed by atoms with Gasteiger partial charge < -0.3 is 4.74 Å². The Morgan fingerprint density at radius 3 is 2.95 bits per heavy atom. The molecule has 1 amide bonds. The molecule has 0 aliphatic heterocycles. The van der Waals surface area contributed by atoms with Gasteiger partial charge in [0.25, 0.3) is 5.91 Å². The Bertz CT molecular complexity index is 573. The summed E-state index contributed by atoms with van der Waals surface area (Å²) in [7, 11) is 1.45. The smallest absolute Gasteiger partial charge is 0.251 e. The third kappa shape index (κ3) is 3.16. The molecule has 19 heavy (non-hydrogen) atoms. The van der Waals surface area contributed by atoms with Crippen molar-refractivity contribution in [3.8, 4) is 5.88 Å². The number of aromatic nitrogens is 5. The summed E-state index contributed by atoms with van der Waals surface area (Å²) in [5.74, 6) is -0.000145. The molecule has 1 atom stereocenters. The first kappa shape index (κ1) is 13.2. The van der Waals surface area contributed by atoms with Gasteiger partial charge in [0.2, 0.25) is 11.8 Å². The number of hydrogen-bond acceptors (Lipinski definition) is 6. The first-order valence-electron chi connectivity index (χ1n) is 5.33. The fourth-order valence-electron chi connectivity index (χ4n) is 1.31. The Morgan fingerprint density at radius 1 is 1.53 bits per heavy atom. The van der Waals surface area contributed by atoms with Crippen molar-refractivity contribution in [3.05, 3.63) is 23.9 Å². The summed E-state index contributed by atoms with van der Waals surface area (Å²) in [6, 6.07) is 0.897. The number of carbonyl (C=O) groups excluding carboxylic acids is 1. The van der Waals surface area contributed by atoms with Gasteiger partial charge in [-0.1, -0.05) is 11.6 Å². The Labute approximate surface area is 113 Å². The molecule has 1 unspecified atom stereocenters. The second-order valence-corrected chi connectivity index (χ2v) is 3.98. The number of hydrogen-bond donors (Lipinski definition) is 1. The van der Waals surface area contributed by atoms with E-state index in [1.54, 1.807) is 6.92 Å². The number of carbonyl (C=O) groups is 1. The first-order chi connectivity index (χ1) is 9.10. The molecule has 0 fully saturated rings. The lowest BCUT2D eigenvalue weighted by Crippen LogP contribution is -2.25. The van der Waals surface area contributed by atoms with Crippen LogP contribution in [0.4, 0.5) is 5.95 Å². The number of anilines is 1. The van der Waals surface area contributed by atoms with Gasteiger partial charge in [-0.2, -0.15) is 10.1 Å². The number of halogens is 1. The zero-order valence-corrected chi connectivity index (χ0v) is 11.0. The maximum Gasteiger partial charge on any atom is 0.251 e. The lowest BCUT2D eigenvalue weighted by Gasteiger charge is -2.11. The van der Waals surface area contributed by atoms with Gasteiger partial charge in [0, 0.05) is 6.07 Å². The van der Waals surface area contributed by atoms with Crippen molar-refractivity contribution < 1.29 is 9.53 Å². The van der Waals surface area contributed by atoms with Crippen LogP contribution in [0.25, 0.3) is 0 Å². The van der Waals surface area contributed by atoms with Gasteiger partial charge in [-0.15, -0.1) is 0 Å². The highest BCUT2D eigenvalue weighted by Crippen LogP contribution is 2.16. The highest BCUT2D eigenvalue weighted by atomic mass is 35.5. The van der Waals surface area contributed by atoms with Gasteiger partial charge in [0.05, 0.1) is 7.11 Å². The quantitative estimate of drug-likeness (QED) is 0.838. The van der Waals surface area contributed by atoms with E-state index in [2.05, 4.69) is 25.4 Å². The van der Waals surface area contributed by atoms with Gasteiger partial charge >= 0.3 is 0 Å². The van der Waals surface area contributed by atoms with Crippen LogP contribution in [-0.4, -0.2) is 37.7 Å². The Morgan fingerprint density at radius 2 is 2.32 bits per heavy atom. The third-order valence-electron chi connectivity index (χ3n) is 2.33. The molecule has 2 rings (SSSR count). The minimum Gasteiger partial charge on any atom is -0.481 e. The van der Waals surface area contributed by atoms with E-state index in [-0.39, 0.29) is 22.9 Å². The molecule has 1 N–H and O–H groups in total. The lowest BCUT2D eigenvalue weighted by atomic mass is 10.3. The SMILES string of the molecule is COc1cc(Cl)nc(NC(=O)C(C)n2cncn2)n1. The third-order valence-corrected chi connectivity index (χ3v) is 2.52. The van der Waals surface area contributed by atoms with Crippen molar-refractivity contribution in [2.75, 3.05) is 12.4 Å². The molecule has 100 valence electrons. The summed E-state index contributed by atoms with van der Waals surface area (Å²) in [5.41, 5.74) is 0. The van der Waals surface area contributed by atoms with Crippen molar-refractivity contribution in [3.63, 3.8) is 0 Å². The van der Waals surface area contributed by atoms with Crippen molar-refractivity contribution >= 4 is 23.5 Å². The summed E-state index contributed by atoms with van der Waals surface area (Å²) in [5, 5.41) is 6.59. The predicted molar refractivity (Wildman–Crippen MR) is 67.0 cm³/mol. The summed E-state index contributed by atoms with van der Waals surface area (Å²) in [6.07, 6.45) is 2.80. The number of nitrogens with zero attached hydrogens (tertiary/aromatic N) is 5. The standard InChI is InChI=1S/C10H11ClN6O2/c1-6(17-5-12-4-13-17)9(18)16-10-14-7(11)3-8(15-10)19-2/h3-6H,1-2H3,(H,14,15,16,18). The van der Waals surface area contributed by atoms with Gasteiger partial charge in [0.15, 0.2) is 0 Å². The van der Waals surface area contributed by atoms with E-state index >= 15 is 0 Å². The molecular formula is C10H11ClN6O2. The van der Waals surface area contributed by atoms with E-state index in [0.717, 1.165) is 0 Å². The fourth-order valence-corrected chi connectivity index (χ4v) is 1.48. The average molecular weight is 283 g/mol. The zero-order valence-electron chi connectivity index (χ0n) is 10.2. The van der Waals surface area contributed by atoms with Crippen molar-refractivity contribution in [2.45, 2.75) is 13.0 Å². The van der Waals surface area contributed by atoms with Gasteiger partial charge in [0.1, 0.15) is 23.8 Å². The van der Waals surface area contributed by atoms with Crippen molar-refractivity contribution in [1.82, 2.24) is 24.7 Å². The highest BCUT2D eigenvalue weighted by molar-refractivity contribution is 6.29. The topological polar surface area (TPSA) is 94.8 Å². The number of methoxy groups -OCH3 is 1. The normalized spacial score (nSPS) is 11.9. The highest BCUT2D eigenvalue weighted by Gasteiger charge is 2.17. The van der Waals surface area contributed by atoms with E-state index in [1.807, 2.05) is 0 Å². The molecular weight excluding hydrogens is 272 g/mol. The molecule has 2 aromatic rings. The van der Waals surface area contributed by atoms with E-state index < -0.39 is 6.04 Å². The molecule has 0 saturated heterocycles. The van der Waals surface area contributed by atoms with Gasteiger partial charge in [-0.3, -0.25) is 10.1 Å².